The number of halogens is 3. The van der Waals surface area contributed by atoms with E-state index < -0.39 is 17.6 Å². The molecule has 0 heterocycles. The number of benzene rings is 1. The van der Waals surface area contributed by atoms with Crippen LogP contribution in [-0.4, -0.2) is 24.0 Å². The van der Waals surface area contributed by atoms with Gasteiger partial charge >= 0.3 is 6.18 Å². The first kappa shape index (κ1) is 15.7. The lowest BCUT2D eigenvalue weighted by Gasteiger charge is -2.15. The number of amides is 1. The topological polar surface area (TPSA) is 55.1 Å². The Hall–Kier alpha value is -1.37. The molecule has 3 nitrogen and oxygen atoms in total. The van der Waals surface area contributed by atoms with E-state index in [0.29, 0.717) is 5.75 Å². The Balaban J connectivity index is 2.96. The van der Waals surface area contributed by atoms with Gasteiger partial charge in [-0.2, -0.15) is 24.9 Å². The number of rotatable bonds is 4. The van der Waals surface area contributed by atoms with Gasteiger partial charge in [-0.15, -0.1) is 0 Å². The molecule has 0 aliphatic heterocycles. The molecule has 0 bridgehead atoms. The molecule has 0 saturated carbocycles. The average Bonchev–Trinajstić information content (AvgIpc) is 2.27. The van der Waals surface area contributed by atoms with Crippen molar-refractivity contribution in [2.75, 3.05) is 17.7 Å². The van der Waals surface area contributed by atoms with Gasteiger partial charge in [0.1, 0.15) is 0 Å². The maximum Gasteiger partial charge on any atom is 0.416 e. The van der Waals surface area contributed by atoms with Crippen molar-refractivity contribution < 1.29 is 18.0 Å². The smallest absolute Gasteiger partial charge is 0.398 e. The van der Waals surface area contributed by atoms with Crippen molar-refractivity contribution in [3.8, 4) is 0 Å². The van der Waals surface area contributed by atoms with Crippen LogP contribution >= 0.6 is 11.8 Å². The normalized spacial score (nSPS) is 13.1. The van der Waals surface area contributed by atoms with Crippen LogP contribution in [0.15, 0.2) is 18.2 Å². The molecule has 0 aliphatic rings. The van der Waals surface area contributed by atoms with Gasteiger partial charge in [-0.05, 0) is 31.4 Å². The van der Waals surface area contributed by atoms with Gasteiger partial charge in [0.25, 0.3) is 5.91 Å². The van der Waals surface area contributed by atoms with Crippen LogP contribution in [-0.2, 0) is 6.18 Å². The molecule has 0 spiro atoms. The molecule has 0 saturated heterocycles. The first-order valence-corrected chi connectivity index (χ1v) is 6.91. The van der Waals surface area contributed by atoms with E-state index in [9.17, 15) is 18.0 Å². The van der Waals surface area contributed by atoms with Crippen LogP contribution in [0.1, 0.15) is 22.8 Å². The summed E-state index contributed by atoms with van der Waals surface area (Å²) in [7, 11) is 0. The van der Waals surface area contributed by atoms with Crippen molar-refractivity contribution in [2.24, 2.45) is 0 Å². The van der Waals surface area contributed by atoms with Gasteiger partial charge in [0.05, 0.1) is 11.1 Å². The Morgan fingerprint density at radius 1 is 1.47 bits per heavy atom. The van der Waals surface area contributed by atoms with Crippen LogP contribution < -0.4 is 11.1 Å². The summed E-state index contributed by atoms with van der Waals surface area (Å²) >= 11 is 1.53. The Morgan fingerprint density at radius 3 is 2.63 bits per heavy atom. The second-order valence-corrected chi connectivity index (χ2v) is 5.04. The van der Waals surface area contributed by atoms with Gasteiger partial charge in [0, 0.05) is 17.5 Å². The number of alkyl halides is 3. The number of carbonyl (C=O) groups excluding carboxylic acids is 1. The Bertz CT molecular complexity index is 463. The molecule has 19 heavy (non-hydrogen) atoms. The molecule has 7 heteroatoms. The molecule has 0 aliphatic carbocycles. The maximum absolute atomic E-state index is 12.6. The number of nitrogens with one attached hydrogen (secondary N) is 1. The Labute approximate surface area is 113 Å². The molecule has 3 N–H and O–H groups in total. The number of hydrogen-bond donors (Lipinski definition) is 2. The Morgan fingerprint density at radius 2 is 2.11 bits per heavy atom. The molecule has 1 aromatic carbocycles. The maximum atomic E-state index is 12.6. The molecule has 106 valence electrons. The van der Waals surface area contributed by atoms with E-state index >= 15 is 0 Å². The van der Waals surface area contributed by atoms with Crippen LogP contribution in [0.2, 0.25) is 0 Å². The van der Waals surface area contributed by atoms with E-state index in [4.69, 9.17) is 5.73 Å². The third-order valence-corrected chi connectivity index (χ3v) is 3.25. The summed E-state index contributed by atoms with van der Waals surface area (Å²) in [5.41, 5.74) is 4.54. The lowest BCUT2D eigenvalue weighted by Crippen LogP contribution is -2.34. The zero-order chi connectivity index (χ0) is 14.6. The quantitative estimate of drug-likeness (QED) is 0.839. The van der Waals surface area contributed by atoms with Gasteiger partial charge < -0.3 is 11.1 Å². The molecule has 1 unspecified atom stereocenters. The predicted molar refractivity (Wildman–Crippen MR) is 71.2 cm³/mol. The summed E-state index contributed by atoms with van der Waals surface area (Å²) in [5, 5.41) is 2.61. The second kappa shape index (κ2) is 6.18. The van der Waals surface area contributed by atoms with Crippen LogP contribution in [0.25, 0.3) is 0 Å². The fourth-order valence-corrected chi connectivity index (χ4v) is 2.11. The predicted octanol–water partition coefficient (Wildman–Crippen LogP) is 2.77. The molecule has 0 aromatic heterocycles. The van der Waals surface area contributed by atoms with E-state index in [0.717, 1.165) is 18.2 Å². The molecule has 0 radical (unpaired) electrons. The number of nitrogens with two attached hydrogens (primary N) is 1. The van der Waals surface area contributed by atoms with E-state index in [1.807, 2.05) is 6.26 Å². The van der Waals surface area contributed by atoms with Gasteiger partial charge in [-0.1, -0.05) is 0 Å². The van der Waals surface area contributed by atoms with Crippen molar-refractivity contribution >= 4 is 23.4 Å². The van der Waals surface area contributed by atoms with Crippen LogP contribution in [0.3, 0.4) is 0 Å². The van der Waals surface area contributed by atoms with Crippen molar-refractivity contribution in [3.05, 3.63) is 29.3 Å². The van der Waals surface area contributed by atoms with Crippen LogP contribution in [0.4, 0.5) is 18.9 Å². The highest BCUT2D eigenvalue weighted by Crippen LogP contribution is 2.31. The van der Waals surface area contributed by atoms with Gasteiger partial charge in [0.15, 0.2) is 0 Å². The molecule has 1 rings (SSSR count). The number of nitrogen functional groups attached to an aromatic ring is 1. The van der Waals surface area contributed by atoms with Crippen molar-refractivity contribution in [1.82, 2.24) is 5.32 Å². The first-order chi connectivity index (χ1) is 8.75. The summed E-state index contributed by atoms with van der Waals surface area (Å²) in [6.45, 7) is 1.78. The van der Waals surface area contributed by atoms with Crippen LogP contribution in [0, 0.1) is 0 Å². The standard InChI is InChI=1S/C12H15F3N2OS/c1-7(6-19-2)17-11(18)9-5-8(12(13,14)15)3-4-10(9)16/h3-5,7H,6,16H2,1-2H3,(H,17,18). The fraction of sp³-hybridized carbons (Fsp3) is 0.417. The molecule has 1 aromatic rings. The highest BCUT2D eigenvalue weighted by Gasteiger charge is 2.31. The van der Waals surface area contributed by atoms with Gasteiger partial charge in [-0.25, -0.2) is 0 Å². The monoisotopic (exact) mass is 292 g/mol. The lowest BCUT2D eigenvalue weighted by atomic mass is 10.1. The minimum absolute atomic E-state index is 0.0295. The van der Waals surface area contributed by atoms with Gasteiger partial charge in [0.2, 0.25) is 0 Å². The lowest BCUT2D eigenvalue weighted by molar-refractivity contribution is -0.137. The SMILES string of the molecule is CSCC(C)NC(=O)c1cc(C(F)(F)F)ccc1N. The van der Waals surface area contributed by atoms with E-state index in [1.54, 1.807) is 6.92 Å². The molecular formula is C12H15F3N2OS. The third-order valence-electron chi connectivity index (χ3n) is 2.42. The summed E-state index contributed by atoms with van der Waals surface area (Å²) in [4.78, 5) is 11.9. The number of thioether (sulfide) groups is 1. The van der Waals surface area contributed by atoms with E-state index in [2.05, 4.69) is 5.32 Å². The molecule has 1 atom stereocenters. The van der Waals surface area contributed by atoms with Crippen LogP contribution in [0.5, 0.6) is 0 Å². The number of anilines is 1. The molecule has 0 fully saturated rings. The average molecular weight is 292 g/mol. The second-order valence-electron chi connectivity index (χ2n) is 4.13. The minimum Gasteiger partial charge on any atom is -0.398 e. The molecule has 1 amide bonds. The molecular weight excluding hydrogens is 277 g/mol. The highest BCUT2D eigenvalue weighted by atomic mass is 32.2. The largest absolute Gasteiger partial charge is 0.416 e. The van der Waals surface area contributed by atoms with Crippen molar-refractivity contribution in [3.63, 3.8) is 0 Å². The summed E-state index contributed by atoms with van der Waals surface area (Å²) < 4.78 is 37.7. The summed E-state index contributed by atoms with van der Waals surface area (Å²) in [6, 6.07) is 2.58. The summed E-state index contributed by atoms with van der Waals surface area (Å²) in [5.74, 6) is 0.0788. The van der Waals surface area contributed by atoms with Gasteiger partial charge in [-0.3, -0.25) is 4.79 Å². The Kier molecular flexibility index (Phi) is 5.11. The minimum atomic E-state index is -4.49. The first-order valence-electron chi connectivity index (χ1n) is 5.52. The van der Waals surface area contributed by atoms with E-state index in [-0.39, 0.29) is 17.3 Å². The summed E-state index contributed by atoms with van der Waals surface area (Å²) in [6.07, 6.45) is -2.62. The number of hydrogen-bond acceptors (Lipinski definition) is 3. The van der Waals surface area contributed by atoms with E-state index in [1.165, 1.54) is 11.8 Å². The number of carbonyl (C=O) groups is 1. The fourth-order valence-electron chi connectivity index (χ4n) is 1.52. The van der Waals surface area contributed by atoms with Crippen molar-refractivity contribution in [1.29, 1.82) is 0 Å². The zero-order valence-electron chi connectivity index (χ0n) is 10.5. The highest BCUT2D eigenvalue weighted by molar-refractivity contribution is 7.98. The third kappa shape index (κ3) is 4.34. The zero-order valence-corrected chi connectivity index (χ0v) is 11.4. The van der Waals surface area contributed by atoms with Crippen molar-refractivity contribution in [2.45, 2.75) is 19.1 Å².